The van der Waals surface area contributed by atoms with E-state index in [0.29, 0.717) is 36.7 Å². The van der Waals surface area contributed by atoms with Crippen LogP contribution >= 0.6 is 0 Å². The molecule has 6 aliphatic rings. The van der Waals surface area contributed by atoms with E-state index in [1.807, 2.05) is 14.7 Å². The number of benzene rings is 3. The first-order valence-corrected chi connectivity index (χ1v) is 32.6. The van der Waals surface area contributed by atoms with E-state index in [2.05, 4.69) is 141 Å². The fraction of sp³-hybridized carbons (Fsp3) is 0.522. The number of hydrogen-bond donors (Lipinski definition) is 0. The van der Waals surface area contributed by atoms with Crippen LogP contribution in [0.25, 0.3) is 0 Å². The molecular formula is C69H93N15O6. The van der Waals surface area contributed by atoms with E-state index >= 15 is 0 Å². The van der Waals surface area contributed by atoms with Gasteiger partial charge in [-0.3, -0.25) is 29.1 Å². The van der Waals surface area contributed by atoms with Crippen molar-refractivity contribution in [2.24, 2.45) is 0 Å². The van der Waals surface area contributed by atoms with E-state index < -0.39 is 0 Å². The van der Waals surface area contributed by atoms with Crippen LogP contribution in [0.2, 0.25) is 0 Å². The lowest BCUT2D eigenvalue weighted by Gasteiger charge is -2.40. The van der Waals surface area contributed by atoms with Crippen LogP contribution in [0.3, 0.4) is 0 Å². The summed E-state index contributed by atoms with van der Waals surface area (Å²) in [5, 5.41) is 12.4. The standard InChI is InChI=1S/3C23H31N5O2/c3*1-17-6-7-20(22(14-17)26-9-4-5-10-26)16-25-12-13-27(18(2)15-25)23(30)28-11-8-21(24-28)19(3)29/h3*6-8,11,14,18H,4-5,9-10,12-13,15-16H2,1-3H3/t3*18-/m110/s1. The summed E-state index contributed by atoms with van der Waals surface area (Å²) in [7, 11) is 0. The molecule has 0 saturated carbocycles. The van der Waals surface area contributed by atoms with Gasteiger partial charge < -0.3 is 29.4 Å². The summed E-state index contributed by atoms with van der Waals surface area (Å²) in [6, 6.07) is 24.9. The summed E-state index contributed by atoms with van der Waals surface area (Å²) >= 11 is 0. The lowest BCUT2D eigenvalue weighted by Crippen LogP contribution is -2.54. The number of hydrogen-bond acceptors (Lipinski definition) is 15. The molecule has 0 N–H and O–H groups in total. The molecule has 0 bridgehead atoms. The molecule has 21 nitrogen and oxygen atoms in total. The zero-order valence-electron chi connectivity index (χ0n) is 54.5. The number of carbonyl (C=O) groups excluding carboxylic acids is 6. The van der Waals surface area contributed by atoms with Gasteiger partial charge in [-0.2, -0.15) is 29.3 Å². The maximum atomic E-state index is 12.9. The average molecular weight is 1230 g/mol. The minimum atomic E-state index is -0.164. The van der Waals surface area contributed by atoms with Crippen LogP contribution in [0.15, 0.2) is 91.4 Å². The van der Waals surface area contributed by atoms with E-state index in [4.69, 9.17) is 0 Å². The summed E-state index contributed by atoms with van der Waals surface area (Å²) in [4.78, 5) is 93.4. The third kappa shape index (κ3) is 15.8. The highest BCUT2D eigenvalue weighted by Crippen LogP contribution is 2.31. The monoisotopic (exact) mass is 1230 g/mol. The Morgan fingerprint density at radius 2 is 0.622 bits per heavy atom. The molecule has 6 saturated heterocycles. The van der Waals surface area contributed by atoms with Gasteiger partial charge in [-0.1, -0.05) is 36.4 Å². The van der Waals surface area contributed by atoms with Crippen LogP contribution in [0.5, 0.6) is 0 Å². The molecule has 3 aromatic heterocycles. The maximum Gasteiger partial charge on any atom is 0.344 e. The Balaban J connectivity index is 0.000000148. The molecule has 21 heteroatoms. The Morgan fingerprint density at radius 3 is 0.844 bits per heavy atom. The Kier molecular flexibility index (Phi) is 21.1. The molecular weight excluding hydrogens is 1130 g/mol. The predicted octanol–water partition coefficient (Wildman–Crippen LogP) is 9.51. The van der Waals surface area contributed by atoms with Crippen LogP contribution in [-0.2, 0) is 19.6 Å². The quantitative estimate of drug-likeness (QED) is 0.105. The number of aryl methyl sites for hydroxylation is 3. The first-order valence-electron chi connectivity index (χ1n) is 32.6. The van der Waals surface area contributed by atoms with Crippen molar-refractivity contribution in [3.8, 4) is 0 Å². The smallest absolute Gasteiger partial charge is 0.344 e. The Bertz CT molecular complexity index is 3160. The second-order valence-corrected chi connectivity index (χ2v) is 25.8. The zero-order chi connectivity index (χ0) is 63.8. The molecule has 90 heavy (non-hydrogen) atoms. The molecule has 9 heterocycles. The Hall–Kier alpha value is -8.01. The molecule has 0 unspecified atom stereocenters. The molecule has 0 aliphatic carbocycles. The first kappa shape index (κ1) is 65.0. The minimum Gasteiger partial charge on any atom is -0.371 e. The minimum absolute atomic E-state index is 0.0805. The fourth-order valence-electron chi connectivity index (χ4n) is 13.5. The molecule has 6 aromatic rings. The van der Waals surface area contributed by atoms with Gasteiger partial charge in [0.15, 0.2) is 17.3 Å². The molecule has 6 aliphatic heterocycles. The van der Waals surface area contributed by atoms with Crippen molar-refractivity contribution < 1.29 is 28.8 Å². The zero-order valence-corrected chi connectivity index (χ0v) is 54.5. The largest absolute Gasteiger partial charge is 0.371 e. The summed E-state index contributed by atoms with van der Waals surface area (Å²) in [5.74, 6) is -0.399. The number of rotatable bonds is 12. The van der Waals surface area contributed by atoms with Crippen molar-refractivity contribution in [1.82, 2.24) is 58.7 Å². The molecule has 3 aromatic carbocycles. The van der Waals surface area contributed by atoms with Gasteiger partial charge in [-0.15, -0.1) is 0 Å². The SMILES string of the molecule is CC(=O)c1ccn(C(=O)N2CCN(Cc3ccc(C)cc3N3CCCC3)C[C@@H]2C)n1.CC(=O)c1ccn(C(=O)N2CCN(Cc3ccc(C)cc3N3CCCC3)C[C@H]2C)n1.CC(=O)c1ccn(C(=O)N2CCN(Cc3ccc(C)cc3N3CCCC3)C[C@H]2C)n1. The number of carbonyl (C=O) groups is 6. The molecule has 480 valence electrons. The van der Waals surface area contributed by atoms with Crippen LogP contribution in [-0.4, -0.2) is 210 Å². The van der Waals surface area contributed by atoms with Gasteiger partial charge in [0.2, 0.25) is 0 Å². The second-order valence-electron chi connectivity index (χ2n) is 25.8. The Labute approximate surface area is 531 Å². The third-order valence-electron chi connectivity index (χ3n) is 18.6. The van der Waals surface area contributed by atoms with Crippen molar-refractivity contribution >= 4 is 52.5 Å². The summed E-state index contributed by atoms with van der Waals surface area (Å²) in [5.41, 5.74) is 13.1. The molecule has 6 fully saturated rings. The molecule has 3 amide bonds. The number of aromatic nitrogens is 6. The second kappa shape index (κ2) is 29.3. The molecule has 0 spiro atoms. The molecule has 3 atom stereocenters. The van der Waals surface area contributed by atoms with Crippen molar-refractivity contribution in [2.45, 2.75) is 139 Å². The van der Waals surface area contributed by atoms with Crippen LogP contribution in [0.4, 0.5) is 31.4 Å². The van der Waals surface area contributed by atoms with Gasteiger partial charge in [-0.05, 0) is 150 Å². The van der Waals surface area contributed by atoms with Crippen LogP contribution in [0, 0.1) is 20.8 Å². The van der Waals surface area contributed by atoms with E-state index in [1.54, 1.807) is 36.8 Å². The van der Waals surface area contributed by atoms with Gasteiger partial charge in [0, 0.05) is 192 Å². The first-order chi connectivity index (χ1) is 43.3. The lowest BCUT2D eigenvalue weighted by atomic mass is 10.1. The van der Waals surface area contributed by atoms with Crippen molar-refractivity contribution in [2.75, 3.05) is 113 Å². The van der Waals surface area contributed by atoms with Crippen LogP contribution < -0.4 is 14.7 Å². The van der Waals surface area contributed by atoms with Gasteiger partial charge in [0.05, 0.1) is 0 Å². The lowest BCUT2D eigenvalue weighted by molar-refractivity contribution is 0.0959. The third-order valence-corrected chi connectivity index (χ3v) is 18.6. The van der Waals surface area contributed by atoms with Crippen molar-refractivity contribution in [3.63, 3.8) is 0 Å². The van der Waals surface area contributed by atoms with E-state index in [9.17, 15) is 28.8 Å². The normalized spacial score (nSPS) is 20.0. The number of Topliss-reactive ketones (excluding diaryl/α,β-unsaturated/α-hetero) is 3. The van der Waals surface area contributed by atoms with E-state index in [0.717, 1.165) is 98.2 Å². The number of anilines is 3. The van der Waals surface area contributed by atoms with Crippen molar-refractivity contribution in [1.29, 1.82) is 0 Å². The summed E-state index contributed by atoms with van der Waals surface area (Å²) in [6.45, 7) is 33.5. The van der Waals surface area contributed by atoms with Gasteiger partial charge in [0.25, 0.3) is 0 Å². The number of piperazine rings is 3. The highest BCUT2D eigenvalue weighted by atomic mass is 16.2. The summed E-state index contributed by atoms with van der Waals surface area (Å²) < 4.78 is 3.86. The Morgan fingerprint density at radius 1 is 0.367 bits per heavy atom. The van der Waals surface area contributed by atoms with E-state index in [1.165, 1.54) is 124 Å². The number of ketones is 3. The fourth-order valence-corrected chi connectivity index (χ4v) is 13.5. The van der Waals surface area contributed by atoms with Crippen molar-refractivity contribution in [3.05, 3.63) is 142 Å². The van der Waals surface area contributed by atoms with E-state index in [-0.39, 0.29) is 53.6 Å². The predicted molar refractivity (Wildman–Crippen MR) is 351 cm³/mol. The number of amides is 3. The highest BCUT2D eigenvalue weighted by molar-refractivity contribution is 5.93. The molecule has 0 radical (unpaired) electrons. The summed E-state index contributed by atoms with van der Waals surface area (Å²) in [6.07, 6.45) is 12.3. The number of nitrogens with zero attached hydrogens (tertiary/aromatic N) is 15. The topological polar surface area (TPSA) is 185 Å². The van der Waals surface area contributed by atoms with Crippen LogP contribution in [0.1, 0.15) is 145 Å². The molecule has 12 rings (SSSR count). The average Bonchev–Trinajstić information content (AvgIpc) is 1.43. The highest BCUT2D eigenvalue weighted by Gasteiger charge is 2.33. The maximum absolute atomic E-state index is 12.9. The van der Waals surface area contributed by atoms with Gasteiger partial charge >= 0.3 is 18.1 Å². The van der Waals surface area contributed by atoms with Gasteiger partial charge in [-0.25, -0.2) is 14.4 Å². The van der Waals surface area contributed by atoms with Gasteiger partial charge in [0.1, 0.15) is 17.1 Å².